The van der Waals surface area contributed by atoms with Gasteiger partial charge in [-0.15, -0.1) is 0 Å². The van der Waals surface area contributed by atoms with Gasteiger partial charge in [0.1, 0.15) is 6.26 Å². The molecule has 1 heterocycles. The third-order valence-electron chi connectivity index (χ3n) is 2.32. The highest BCUT2D eigenvalue weighted by molar-refractivity contribution is 7.85. The highest BCUT2D eigenvalue weighted by Crippen LogP contribution is 2.12. The summed E-state index contributed by atoms with van der Waals surface area (Å²) in [5, 5.41) is 11.1. The summed E-state index contributed by atoms with van der Waals surface area (Å²) in [6, 6.07) is 10.2. The average Bonchev–Trinajstić information content (AvgIpc) is 2.78. The zero-order valence-electron chi connectivity index (χ0n) is 9.76. The molecule has 1 N–H and O–H groups in total. The molecule has 0 amide bonds. The quantitative estimate of drug-likeness (QED) is 0.302. The van der Waals surface area contributed by atoms with Crippen LogP contribution in [0, 0.1) is 5.21 Å². The molecule has 0 radical (unpaired) electrons. The van der Waals surface area contributed by atoms with Crippen LogP contribution in [0.25, 0.3) is 0 Å². The van der Waals surface area contributed by atoms with Gasteiger partial charge in [-0.2, -0.15) is 8.42 Å². The SMILES string of the molecule is O=S(=O)(O)c1cc(C=[N+]([O-])Cc2ccccc2)co1. The van der Waals surface area contributed by atoms with Crippen LogP contribution in [-0.4, -0.2) is 23.9 Å². The Morgan fingerprint density at radius 1 is 1.32 bits per heavy atom. The molecule has 1 aromatic heterocycles. The van der Waals surface area contributed by atoms with Gasteiger partial charge in [0, 0.05) is 11.6 Å². The molecule has 7 heteroatoms. The molecule has 2 aromatic rings. The van der Waals surface area contributed by atoms with Gasteiger partial charge in [-0.05, 0) is 0 Å². The number of benzene rings is 1. The molecule has 19 heavy (non-hydrogen) atoms. The Balaban J connectivity index is 2.15. The van der Waals surface area contributed by atoms with Gasteiger partial charge in [-0.1, -0.05) is 30.3 Å². The van der Waals surface area contributed by atoms with Gasteiger partial charge in [0.05, 0.1) is 5.56 Å². The van der Waals surface area contributed by atoms with Crippen molar-refractivity contribution in [3.05, 3.63) is 59.0 Å². The highest BCUT2D eigenvalue weighted by atomic mass is 32.2. The zero-order valence-corrected chi connectivity index (χ0v) is 10.6. The van der Waals surface area contributed by atoms with Crippen LogP contribution in [-0.2, 0) is 16.7 Å². The zero-order chi connectivity index (χ0) is 13.9. The minimum atomic E-state index is -4.38. The first-order valence-electron chi connectivity index (χ1n) is 5.34. The Hall–Kier alpha value is -2.12. The molecule has 0 unspecified atom stereocenters. The van der Waals surface area contributed by atoms with Crippen molar-refractivity contribution in [3.63, 3.8) is 0 Å². The van der Waals surface area contributed by atoms with E-state index in [0.29, 0.717) is 4.74 Å². The third kappa shape index (κ3) is 3.67. The molecule has 100 valence electrons. The molecule has 0 saturated carbocycles. The number of rotatable bonds is 4. The molecule has 0 saturated heterocycles. The molecule has 0 aliphatic heterocycles. The molecule has 1 aromatic carbocycles. The molecule has 0 bridgehead atoms. The molecule has 0 aliphatic rings. The number of hydrogen-bond donors (Lipinski definition) is 1. The van der Waals surface area contributed by atoms with Crippen molar-refractivity contribution in [3.8, 4) is 0 Å². The van der Waals surface area contributed by atoms with E-state index in [1.807, 2.05) is 18.2 Å². The summed E-state index contributed by atoms with van der Waals surface area (Å²) in [4.78, 5) is 0. The topological polar surface area (TPSA) is 93.6 Å². The van der Waals surface area contributed by atoms with Gasteiger partial charge < -0.3 is 9.62 Å². The number of furan rings is 1. The van der Waals surface area contributed by atoms with Crippen molar-refractivity contribution in [1.82, 2.24) is 0 Å². The van der Waals surface area contributed by atoms with Crippen molar-refractivity contribution >= 4 is 16.3 Å². The Bertz CT molecular complexity index is 688. The maximum Gasteiger partial charge on any atom is 0.328 e. The van der Waals surface area contributed by atoms with Crippen molar-refractivity contribution in [2.24, 2.45) is 0 Å². The molecule has 0 atom stereocenters. The average molecular weight is 281 g/mol. The number of hydroxylamine groups is 1. The van der Waals surface area contributed by atoms with Gasteiger partial charge in [-0.25, -0.2) is 4.74 Å². The van der Waals surface area contributed by atoms with Crippen LogP contribution in [0.3, 0.4) is 0 Å². The maximum absolute atomic E-state index is 11.6. The Kier molecular flexibility index (Phi) is 3.68. The summed E-state index contributed by atoms with van der Waals surface area (Å²) in [6.45, 7) is 0.132. The molecule has 0 fully saturated rings. The first-order chi connectivity index (χ1) is 8.95. The van der Waals surface area contributed by atoms with E-state index >= 15 is 0 Å². The van der Waals surface area contributed by atoms with Crippen LogP contribution in [0.5, 0.6) is 0 Å². The van der Waals surface area contributed by atoms with Crippen LogP contribution < -0.4 is 0 Å². The third-order valence-corrected chi connectivity index (χ3v) is 3.05. The van der Waals surface area contributed by atoms with E-state index in [4.69, 9.17) is 4.55 Å². The van der Waals surface area contributed by atoms with E-state index in [1.54, 1.807) is 12.1 Å². The lowest BCUT2D eigenvalue weighted by atomic mass is 10.2. The van der Waals surface area contributed by atoms with Gasteiger partial charge in [0.15, 0.2) is 12.8 Å². The van der Waals surface area contributed by atoms with Gasteiger partial charge in [0.25, 0.3) is 0 Å². The van der Waals surface area contributed by atoms with E-state index in [1.165, 1.54) is 6.21 Å². The highest BCUT2D eigenvalue weighted by Gasteiger charge is 2.15. The van der Waals surface area contributed by atoms with E-state index in [2.05, 4.69) is 4.42 Å². The molecule has 0 spiro atoms. The van der Waals surface area contributed by atoms with Gasteiger partial charge in [-0.3, -0.25) is 4.55 Å². The standard InChI is InChI=1S/C12H11NO5S/c14-13(7-10-4-2-1-3-5-10)8-11-6-12(18-9-11)19(15,16)17/h1-6,8-9H,7H2,(H,15,16,17). The minimum absolute atomic E-state index is 0.132. The lowest BCUT2D eigenvalue weighted by Gasteiger charge is -2.02. The van der Waals surface area contributed by atoms with Crippen LogP contribution in [0.2, 0.25) is 0 Å². The van der Waals surface area contributed by atoms with E-state index < -0.39 is 15.2 Å². The van der Waals surface area contributed by atoms with Crippen LogP contribution >= 0.6 is 0 Å². The number of hydrogen-bond acceptors (Lipinski definition) is 4. The van der Waals surface area contributed by atoms with E-state index in [-0.39, 0.29) is 12.1 Å². The second-order valence-electron chi connectivity index (χ2n) is 3.86. The summed E-state index contributed by atoms with van der Waals surface area (Å²) in [6.07, 6.45) is 2.27. The molecule has 0 aliphatic carbocycles. The molecule has 2 rings (SSSR count). The van der Waals surface area contributed by atoms with Crippen LogP contribution in [0.1, 0.15) is 11.1 Å². The predicted molar refractivity (Wildman–Crippen MR) is 67.5 cm³/mol. The fraction of sp³-hybridized carbons (Fsp3) is 0.0833. The van der Waals surface area contributed by atoms with Crippen molar-refractivity contribution < 1.29 is 22.1 Å². The maximum atomic E-state index is 11.6. The Morgan fingerprint density at radius 2 is 2.00 bits per heavy atom. The second kappa shape index (κ2) is 5.25. The van der Waals surface area contributed by atoms with Gasteiger partial charge >= 0.3 is 10.1 Å². The smallest absolute Gasteiger partial charge is 0.328 e. The monoisotopic (exact) mass is 281 g/mol. The molecular formula is C12H11NO5S. The summed E-state index contributed by atoms with van der Waals surface area (Å²) in [5.41, 5.74) is 1.09. The lowest BCUT2D eigenvalue weighted by Crippen LogP contribution is -2.05. The second-order valence-corrected chi connectivity index (χ2v) is 5.22. The first kappa shape index (κ1) is 13.3. The molecule has 6 nitrogen and oxygen atoms in total. The first-order valence-corrected chi connectivity index (χ1v) is 6.78. The van der Waals surface area contributed by atoms with E-state index in [9.17, 15) is 13.6 Å². The fourth-order valence-electron chi connectivity index (χ4n) is 1.51. The Morgan fingerprint density at radius 3 is 2.58 bits per heavy atom. The lowest BCUT2D eigenvalue weighted by molar-refractivity contribution is -0.469. The summed E-state index contributed by atoms with van der Waals surface area (Å²) in [5.74, 6) is 0. The summed E-state index contributed by atoms with van der Waals surface area (Å²) < 4.78 is 35.6. The van der Waals surface area contributed by atoms with Gasteiger partial charge in [0.2, 0.25) is 5.09 Å². The molecular weight excluding hydrogens is 270 g/mol. The summed E-state index contributed by atoms with van der Waals surface area (Å²) >= 11 is 0. The minimum Gasteiger partial charge on any atom is -0.624 e. The normalized spacial score (nSPS) is 12.6. The van der Waals surface area contributed by atoms with Crippen LogP contribution in [0.15, 0.2) is 52.2 Å². The van der Waals surface area contributed by atoms with Crippen LogP contribution in [0.4, 0.5) is 0 Å². The van der Waals surface area contributed by atoms with Crippen molar-refractivity contribution in [2.75, 3.05) is 0 Å². The summed E-state index contributed by atoms with van der Waals surface area (Å²) in [7, 11) is -4.38. The largest absolute Gasteiger partial charge is 0.624 e. The fourth-order valence-corrected chi connectivity index (χ4v) is 1.96. The predicted octanol–water partition coefficient (Wildman–Crippen LogP) is 1.66. The number of nitrogens with zero attached hydrogens (tertiary/aromatic N) is 1. The van der Waals surface area contributed by atoms with Crippen molar-refractivity contribution in [2.45, 2.75) is 11.6 Å². The van der Waals surface area contributed by atoms with Crippen molar-refractivity contribution in [1.29, 1.82) is 0 Å². The Labute approximate surface area is 109 Å². The van der Waals surface area contributed by atoms with E-state index in [0.717, 1.165) is 17.9 Å².